The molecule has 0 saturated heterocycles. The summed E-state index contributed by atoms with van der Waals surface area (Å²) < 4.78 is 18.7. The highest BCUT2D eigenvalue weighted by Gasteiger charge is 2.13. The third-order valence-corrected chi connectivity index (χ3v) is 12.3. The van der Waals surface area contributed by atoms with E-state index in [1.165, 1.54) is 76.2 Å². The summed E-state index contributed by atoms with van der Waals surface area (Å²) in [6, 6.07) is 30.8. The van der Waals surface area contributed by atoms with Gasteiger partial charge < -0.3 is 24.1 Å². The molecule has 0 aliphatic carbocycles. The summed E-state index contributed by atoms with van der Waals surface area (Å²) in [5, 5.41) is 8.70. The van der Waals surface area contributed by atoms with E-state index in [4.69, 9.17) is 14.6 Å². The molecule has 0 radical (unpaired) electrons. The summed E-state index contributed by atoms with van der Waals surface area (Å²) in [7, 11) is -1.15. The SMILES string of the molecule is C=CCCC.C=CCOC(C)=O.CC.CC(=O)OCC(C)C.CC(=O)OCCC[SiH](C)C.CC(=O)OCc1ccccc1.CC(C)C[Si](C)(C)C.CCC.CCC(C)C.CCc1ccc(CO)cc1.CCc1ccccc1. The number of aliphatic hydroxyl groups is 1. The number of rotatable bonds is 18. The Balaban J connectivity index is -0.000000116. The van der Waals surface area contributed by atoms with Crippen LogP contribution < -0.4 is 0 Å². The fraction of sp³-hybridized carbons (Fsp3) is 0.606. The molecular formula is C66H122O9Si2. The van der Waals surface area contributed by atoms with E-state index in [-0.39, 0.29) is 30.5 Å². The van der Waals surface area contributed by atoms with Crippen LogP contribution in [0.25, 0.3) is 0 Å². The Bertz CT molecular complexity index is 1650. The van der Waals surface area contributed by atoms with Gasteiger partial charge in [-0.15, -0.1) is 6.58 Å². The molecule has 0 bridgehead atoms. The smallest absolute Gasteiger partial charge is 0.302 e. The summed E-state index contributed by atoms with van der Waals surface area (Å²) in [6.07, 6.45) is 11.6. The number of aryl methyl sites for hydroxylation is 2. The van der Waals surface area contributed by atoms with Gasteiger partial charge in [0.15, 0.2) is 0 Å². The van der Waals surface area contributed by atoms with Gasteiger partial charge >= 0.3 is 23.9 Å². The van der Waals surface area contributed by atoms with Crippen LogP contribution in [0, 0.1) is 17.8 Å². The Morgan fingerprint density at radius 3 is 1.18 bits per heavy atom. The van der Waals surface area contributed by atoms with Crippen LogP contribution >= 0.6 is 0 Å². The highest BCUT2D eigenvalue weighted by Crippen LogP contribution is 2.15. The molecule has 0 aliphatic heterocycles. The van der Waals surface area contributed by atoms with Crippen LogP contribution in [0.1, 0.15) is 179 Å². The van der Waals surface area contributed by atoms with Crippen LogP contribution in [-0.4, -0.2) is 65.7 Å². The molecular weight excluding hydrogens is 993 g/mol. The third-order valence-electron chi connectivity index (χ3n) is 8.74. The minimum Gasteiger partial charge on any atom is -0.466 e. The standard InChI is InChI=1S/C9H10O2.C9H12O.C8H10.C7H16O2Si.C7H18Si.C6H12O2.C5H8O2.C5H12.C5H10.C3H8.C2H6/c1-8(10)11-7-9-5-3-2-4-6-9;1-2-8-3-5-9(7-10)6-4-8;1-2-8-6-4-3-5-7-8;1-7(8)9-5-4-6-10(2)3;1-7(2)6-8(3,4)5;1-5(2)4-8-6(3)7;1-3-4-7-5(2)6;1-4-5(2)3;1-3-5-4-2;1-3-2;1-2/h2-6H,7H2,1H3;3-6,10H,2,7H2,1H3;3-7H,2H2,1H3;10H,4-6H2,1-3H3;7H,6H2,1-5H3;5H,4H2,1-3H3;3H,1,4H2,2H3;5H,4H2,1-3H3;3H,1,4-5H2,2H3;3H2,1-2H3;1-2H3. The molecule has 77 heavy (non-hydrogen) atoms. The van der Waals surface area contributed by atoms with E-state index >= 15 is 0 Å². The number of benzene rings is 3. The number of unbranched alkanes of at least 4 members (excludes halogenated alkanes) is 1. The van der Waals surface area contributed by atoms with Crippen molar-refractivity contribution in [2.45, 2.75) is 228 Å². The molecule has 11 heteroatoms. The summed E-state index contributed by atoms with van der Waals surface area (Å²) in [6.45, 7) is 56.3. The van der Waals surface area contributed by atoms with E-state index in [0.29, 0.717) is 32.3 Å². The predicted octanol–water partition coefficient (Wildman–Crippen LogP) is 18.6. The average Bonchev–Trinajstić information content (AvgIpc) is 3.38. The van der Waals surface area contributed by atoms with Crippen LogP contribution in [0.3, 0.4) is 0 Å². The average molecular weight is 1120 g/mol. The van der Waals surface area contributed by atoms with Crippen LogP contribution in [0.4, 0.5) is 0 Å². The van der Waals surface area contributed by atoms with Gasteiger partial charge in [-0.1, -0.05) is 265 Å². The number of carbonyl (C=O) groups excluding carboxylic acids is 4. The maximum atomic E-state index is 10.4. The number of hydrogen-bond donors (Lipinski definition) is 1. The van der Waals surface area contributed by atoms with Gasteiger partial charge in [0.25, 0.3) is 0 Å². The van der Waals surface area contributed by atoms with Crippen molar-refractivity contribution in [1.29, 1.82) is 0 Å². The first kappa shape index (κ1) is 89.0. The number of aliphatic hydroxyl groups excluding tert-OH is 1. The minimum atomic E-state index is -0.720. The Hall–Kier alpha value is -4.59. The fourth-order valence-electron chi connectivity index (χ4n) is 4.95. The first-order valence-electron chi connectivity index (χ1n) is 28.6. The second kappa shape index (κ2) is 69.4. The van der Waals surface area contributed by atoms with E-state index in [1.54, 1.807) is 0 Å². The molecule has 0 atom stereocenters. The van der Waals surface area contributed by atoms with Crippen LogP contribution in [0.15, 0.2) is 110 Å². The molecule has 0 heterocycles. The summed E-state index contributed by atoms with van der Waals surface area (Å²) in [5.41, 5.74) is 4.73. The van der Waals surface area contributed by atoms with E-state index in [0.717, 1.165) is 48.6 Å². The van der Waals surface area contributed by atoms with Gasteiger partial charge in [0.05, 0.1) is 19.8 Å². The van der Waals surface area contributed by atoms with Crippen molar-refractivity contribution in [3.63, 3.8) is 0 Å². The van der Waals surface area contributed by atoms with Crippen LogP contribution in [-0.2, 0) is 64.2 Å². The van der Waals surface area contributed by atoms with Crippen molar-refractivity contribution >= 4 is 40.7 Å². The maximum Gasteiger partial charge on any atom is 0.302 e. The van der Waals surface area contributed by atoms with Gasteiger partial charge in [0.1, 0.15) is 13.2 Å². The Morgan fingerprint density at radius 1 is 0.571 bits per heavy atom. The normalized spacial score (nSPS) is 9.25. The molecule has 0 unspecified atom stereocenters. The second-order valence-corrected chi connectivity index (χ2v) is 29.2. The molecule has 0 aromatic heterocycles. The Labute approximate surface area is 479 Å². The topological polar surface area (TPSA) is 125 Å². The lowest BCUT2D eigenvalue weighted by Crippen LogP contribution is -2.21. The van der Waals surface area contributed by atoms with Crippen molar-refractivity contribution in [2.24, 2.45) is 17.8 Å². The molecule has 0 spiro atoms. The molecule has 0 amide bonds. The molecule has 3 aromatic carbocycles. The van der Waals surface area contributed by atoms with Gasteiger partial charge in [0, 0.05) is 44.6 Å². The highest BCUT2D eigenvalue weighted by molar-refractivity contribution is 6.76. The van der Waals surface area contributed by atoms with Gasteiger partial charge in [0.2, 0.25) is 0 Å². The third kappa shape index (κ3) is 104. The second-order valence-electron chi connectivity index (χ2n) is 20.3. The quantitative estimate of drug-likeness (QED) is 0.0436. The van der Waals surface area contributed by atoms with Crippen LogP contribution in [0.2, 0.25) is 44.8 Å². The van der Waals surface area contributed by atoms with Crippen molar-refractivity contribution in [1.82, 2.24) is 0 Å². The van der Waals surface area contributed by atoms with Crippen molar-refractivity contribution in [2.75, 3.05) is 19.8 Å². The highest BCUT2D eigenvalue weighted by atomic mass is 28.3. The molecule has 3 aromatic rings. The van der Waals surface area contributed by atoms with Crippen molar-refractivity contribution < 1.29 is 43.2 Å². The van der Waals surface area contributed by atoms with Crippen LogP contribution in [0.5, 0.6) is 0 Å². The van der Waals surface area contributed by atoms with E-state index in [9.17, 15) is 19.2 Å². The Kier molecular flexibility index (Phi) is 80.3. The van der Waals surface area contributed by atoms with Gasteiger partial charge in [-0.05, 0) is 65.7 Å². The van der Waals surface area contributed by atoms with E-state index < -0.39 is 16.9 Å². The molecule has 0 aliphatic rings. The van der Waals surface area contributed by atoms with Crippen molar-refractivity contribution in [3.05, 3.63) is 132 Å². The molecule has 3 rings (SSSR count). The summed E-state index contributed by atoms with van der Waals surface area (Å²) in [4.78, 5) is 40.7. The zero-order valence-corrected chi connectivity index (χ0v) is 56.2. The number of carbonyl (C=O) groups is 4. The molecule has 0 saturated carbocycles. The molecule has 0 fully saturated rings. The summed E-state index contributed by atoms with van der Waals surface area (Å²) in [5.74, 6) is 1.37. The lowest BCUT2D eigenvalue weighted by molar-refractivity contribution is -0.143. The molecule has 9 nitrogen and oxygen atoms in total. The number of esters is 4. The zero-order valence-electron chi connectivity index (χ0n) is 54.1. The predicted molar refractivity (Wildman–Crippen MR) is 343 cm³/mol. The zero-order chi connectivity index (χ0) is 61.5. The molecule has 448 valence electrons. The lowest BCUT2D eigenvalue weighted by atomic mass is 10.1. The first-order valence-corrected chi connectivity index (χ1v) is 35.5. The number of allylic oxidation sites excluding steroid dienone is 1. The monoisotopic (exact) mass is 1110 g/mol. The number of hydrogen-bond acceptors (Lipinski definition) is 9. The van der Waals surface area contributed by atoms with Gasteiger partial charge in [-0.25, -0.2) is 0 Å². The molecule has 1 N–H and O–H groups in total. The van der Waals surface area contributed by atoms with Crippen molar-refractivity contribution in [3.8, 4) is 0 Å². The van der Waals surface area contributed by atoms with E-state index in [2.05, 4.69) is 149 Å². The van der Waals surface area contributed by atoms with Gasteiger partial charge in [-0.3, -0.25) is 19.2 Å². The minimum absolute atomic E-state index is 0.143. The maximum absolute atomic E-state index is 10.4. The van der Waals surface area contributed by atoms with E-state index in [1.807, 2.05) is 94.4 Å². The van der Waals surface area contributed by atoms with Gasteiger partial charge in [-0.2, -0.15) is 0 Å². The number of ether oxygens (including phenoxy) is 4. The largest absolute Gasteiger partial charge is 0.466 e. The summed E-state index contributed by atoms with van der Waals surface area (Å²) >= 11 is 0. The fourth-order valence-corrected chi connectivity index (χ4v) is 8.38. The Morgan fingerprint density at radius 2 is 0.961 bits per heavy atom. The lowest BCUT2D eigenvalue weighted by Gasteiger charge is -2.17. The first-order chi connectivity index (χ1) is 36.1.